The van der Waals surface area contributed by atoms with Gasteiger partial charge in [-0.1, -0.05) is 33.6 Å². The lowest BCUT2D eigenvalue weighted by molar-refractivity contribution is -0.114. The van der Waals surface area contributed by atoms with Crippen LogP contribution in [-0.4, -0.2) is 22.7 Å². The number of hydrazone groups is 1. The molecule has 1 aromatic heterocycles. The lowest BCUT2D eigenvalue weighted by Gasteiger charge is -2.11. The second kappa shape index (κ2) is 7.93. The van der Waals surface area contributed by atoms with Gasteiger partial charge in [0.1, 0.15) is 11.5 Å². The molecule has 0 unspecified atom stereocenters. The first kappa shape index (κ1) is 20.1. The maximum atomic E-state index is 12.9. The Bertz CT molecular complexity index is 1250. The molecule has 6 nitrogen and oxygen atoms in total. The molecule has 30 heavy (non-hydrogen) atoms. The fourth-order valence-electron chi connectivity index (χ4n) is 3.04. The second-order valence-electron chi connectivity index (χ2n) is 6.54. The van der Waals surface area contributed by atoms with E-state index in [1.807, 2.05) is 18.2 Å². The van der Waals surface area contributed by atoms with Gasteiger partial charge in [0.15, 0.2) is 0 Å². The average molecular weight is 486 g/mol. The summed E-state index contributed by atoms with van der Waals surface area (Å²) < 4.78 is 6.66. The minimum Gasteiger partial charge on any atom is -0.478 e. The molecule has 0 bridgehead atoms. The smallest absolute Gasteiger partial charge is 0.337 e. The van der Waals surface area contributed by atoms with Crippen molar-refractivity contribution in [3.63, 3.8) is 0 Å². The Morgan fingerprint density at radius 3 is 2.73 bits per heavy atom. The molecule has 0 aliphatic carbocycles. The fourth-order valence-corrected chi connectivity index (χ4v) is 3.62. The number of carboxylic acid groups (broad SMARTS) is 1. The number of carbonyl (C=O) groups excluding carboxylic acids is 1. The molecule has 4 rings (SSSR count). The van der Waals surface area contributed by atoms with Gasteiger partial charge >= 0.3 is 5.97 Å². The Hall–Kier alpha value is -3.16. The summed E-state index contributed by atoms with van der Waals surface area (Å²) in [6, 6.07) is 15.4. The molecule has 1 amide bonds. The summed E-state index contributed by atoms with van der Waals surface area (Å²) in [5.74, 6) is -0.467. The van der Waals surface area contributed by atoms with Gasteiger partial charge in [0.2, 0.25) is 0 Å². The van der Waals surface area contributed by atoms with Crippen molar-refractivity contribution < 1.29 is 19.1 Å². The van der Waals surface area contributed by atoms with Gasteiger partial charge < -0.3 is 9.52 Å². The summed E-state index contributed by atoms with van der Waals surface area (Å²) in [5, 5.41) is 15.1. The van der Waals surface area contributed by atoms with Crippen LogP contribution in [0.25, 0.3) is 17.4 Å². The minimum atomic E-state index is -1.12. The van der Waals surface area contributed by atoms with E-state index in [9.17, 15) is 14.7 Å². The molecule has 0 saturated heterocycles. The maximum Gasteiger partial charge on any atom is 0.337 e. The Kier molecular flexibility index (Phi) is 5.32. The molecule has 150 valence electrons. The molecular weight excluding hydrogens is 472 g/mol. The number of nitrogens with zero attached hydrogens (tertiary/aromatic N) is 2. The number of benzene rings is 2. The third-order valence-corrected chi connectivity index (χ3v) is 5.33. The normalized spacial score (nSPS) is 15.0. The molecule has 0 radical (unpaired) electrons. The van der Waals surface area contributed by atoms with Crippen LogP contribution in [0.3, 0.4) is 0 Å². The first-order chi connectivity index (χ1) is 14.3. The third-order valence-electron chi connectivity index (χ3n) is 4.51. The summed E-state index contributed by atoms with van der Waals surface area (Å²) in [7, 11) is 0. The van der Waals surface area contributed by atoms with E-state index in [-0.39, 0.29) is 16.5 Å². The molecule has 8 heteroatoms. The van der Waals surface area contributed by atoms with Crippen molar-refractivity contribution in [2.24, 2.45) is 5.10 Å². The molecule has 1 aliphatic heterocycles. The summed E-state index contributed by atoms with van der Waals surface area (Å²) in [6.07, 6.45) is 1.62. The molecule has 0 saturated carbocycles. The number of furan rings is 1. The summed E-state index contributed by atoms with van der Waals surface area (Å²) in [6.45, 7) is 1.75. The maximum absolute atomic E-state index is 12.9. The lowest BCUT2D eigenvalue weighted by Crippen LogP contribution is -2.21. The Labute approximate surface area is 185 Å². The number of hydrogen-bond donors (Lipinski definition) is 1. The van der Waals surface area contributed by atoms with Crippen molar-refractivity contribution in [3.05, 3.63) is 81.0 Å². The standard InChI is InChI=1S/C22H14BrClN2O4/c1-12-17(21(27)26(25-12)15-4-2-3-14(23)10-15)11-16-6-8-20(30-16)13-5-7-19(24)18(9-13)22(28)29/h2-11H,1H3,(H,28,29)/b17-11-. The zero-order valence-corrected chi connectivity index (χ0v) is 17.9. The average Bonchev–Trinajstić information content (AvgIpc) is 3.28. The Morgan fingerprint density at radius 1 is 1.20 bits per heavy atom. The van der Waals surface area contributed by atoms with E-state index in [0.29, 0.717) is 34.1 Å². The Balaban J connectivity index is 1.63. The van der Waals surface area contributed by atoms with E-state index in [1.54, 1.807) is 37.3 Å². The van der Waals surface area contributed by atoms with Gasteiger partial charge in [-0.25, -0.2) is 4.79 Å². The Morgan fingerprint density at radius 2 is 2.00 bits per heavy atom. The quantitative estimate of drug-likeness (QED) is 0.469. The van der Waals surface area contributed by atoms with Crippen molar-refractivity contribution in [1.29, 1.82) is 0 Å². The number of anilines is 1. The van der Waals surface area contributed by atoms with Gasteiger partial charge in [0.25, 0.3) is 5.91 Å². The highest BCUT2D eigenvalue weighted by atomic mass is 79.9. The molecule has 1 aliphatic rings. The molecule has 0 fully saturated rings. The molecule has 2 heterocycles. The van der Waals surface area contributed by atoms with Crippen LogP contribution < -0.4 is 5.01 Å². The van der Waals surface area contributed by atoms with E-state index in [2.05, 4.69) is 21.0 Å². The van der Waals surface area contributed by atoms with E-state index < -0.39 is 5.97 Å². The van der Waals surface area contributed by atoms with Gasteiger partial charge in [0.05, 0.1) is 27.6 Å². The molecule has 2 aromatic carbocycles. The summed E-state index contributed by atoms with van der Waals surface area (Å²) in [4.78, 5) is 24.2. The van der Waals surface area contributed by atoms with Crippen LogP contribution in [0, 0.1) is 0 Å². The van der Waals surface area contributed by atoms with Gasteiger partial charge in [-0.2, -0.15) is 10.1 Å². The molecule has 1 N–H and O–H groups in total. The minimum absolute atomic E-state index is 0.0101. The molecule has 0 atom stereocenters. The van der Waals surface area contributed by atoms with Gasteiger partial charge in [-0.05, 0) is 61.5 Å². The first-order valence-corrected chi connectivity index (χ1v) is 10.0. The predicted octanol–water partition coefficient (Wildman–Crippen LogP) is 5.87. The van der Waals surface area contributed by atoms with Crippen molar-refractivity contribution >= 4 is 56.9 Å². The zero-order valence-electron chi connectivity index (χ0n) is 15.6. The van der Waals surface area contributed by atoms with Crippen LogP contribution in [-0.2, 0) is 4.79 Å². The largest absolute Gasteiger partial charge is 0.478 e. The van der Waals surface area contributed by atoms with E-state index in [1.165, 1.54) is 17.1 Å². The monoisotopic (exact) mass is 484 g/mol. The molecular formula is C22H14BrClN2O4. The number of carboxylic acids is 1. The van der Waals surface area contributed by atoms with Crippen LogP contribution in [0.15, 0.2) is 74.2 Å². The summed E-state index contributed by atoms with van der Waals surface area (Å²) in [5.41, 5.74) is 2.19. The number of aromatic carboxylic acids is 1. The highest BCUT2D eigenvalue weighted by molar-refractivity contribution is 9.10. The van der Waals surface area contributed by atoms with Crippen LogP contribution in [0.1, 0.15) is 23.0 Å². The van der Waals surface area contributed by atoms with Crippen LogP contribution in [0.5, 0.6) is 0 Å². The SMILES string of the molecule is CC1=NN(c2cccc(Br)c2)C(=O)/C1=C\c1ccc(-c2ccc(Cl)c(C(=O)O)c2)o1. The highest BCUT2D eigenvalue weighted by Crippen LogP contribution is 2.30. The van der Waals surface area contributed by atoms with Crippen LogP contribution in [0.4, 0.5) is 5.69 Å². The number of halogens is 2. The van der Waals surface area contributed by atoms with Gasteiger partial charge in [0, 0.05) is 10.0 Å². The van der Waals surface area contributed by atoms with Gasteiger partial charge in [-0.3, -0.25) is 4.79 Å². The highest BCUT2D eigenvalue weighted by Gasteiger charge is 2.29. The number of amides is 1. The molecule has 3 aromatic rings. The van der Waals surface area contributed by atoms with Crippen LogP contribution in [0.2, 0.25) is 5.02 Å². The van der Waals surface area contributed by atoms with E-state index in [4.69, 9.17) is 16.0 Å². The number of rotatable bonds is 4. The van der Waals surface area contributed by atoms with Crippen LogP contribution >= 0.6 is 27.5 Å². The number of carbonyl (C=O) groups is 2. The van der Waals surface area contributed by atoms with Crippen molar-refractivity contribution in [2.45, 2.75) is 6.92 Å². The third kappa shape index (κ3) is 3.81. The van der Waals surface area contributed by atoms with E-state index in [0.717, 1.165) is 4.47 Å². The topological polar surface area (TPSA) is 83.1 Å². The fraction of sp³-hybridized carbons (Fsp3) is 0.0455. The summed E-state index contributed by atoms with van der Waals surface area (Å²) >= 11 is 9.32. The second-order valence-corrected chi connectivity index (χ2v) is 7.86. The van der Waals surface area contributed by atoms with E-state index >= 15 is 0 Å². The van der Waals surface area contributed by atoms with Crippen molar-refractivity contribution in [1.82, 2.24) is 0 Å². The number of hydrogen-bond acceptors (Lipinski definition) is 4. The predicted molar refractivity (Wildman–Crippen MR) is 119 cm³/mol. The lowest BCUT2D eigenvalue weighted by atomic mass is 10.1. The van der Waals surface area contributed by atoms with Crippen molar-refractivity contribution in [2.75, 3.05) is 5.01 Å². The van der Waals surface area contributed by atoms with Gasteiger partial charge in [-0.15, -0.1) is 0 Å². The zero-order chi connectivity index (χ0) is 21.4. The first-order valence-electron chi connectivity index (χ1n) is 8.84. The molecule has 0 spiro atoms. The van der Waals surface area contributed by atoms with Crippen molar-refractivity contribution in [3.8, 4) is 11.3 Å².